The van der Waals surface area contributed by atoms with E-state index in [0.29, 0.717) is 6.04 Å². The largest absolute Gasteiger partial charge is 0.354 e. The number of guanidine groups is 1. The highest BCUT2D eigenvalue weighted by Gasteiger charge is 2.24. The van der Waals surface area contributed by atoms with Crippen molar-refractivity contribution in [1.29, 1.82) is 0 Å². The maximum Gasteiger partial charge on any atom is 0.191 e. The van der Waals surface area contributed by atoms with Crippen LogP contribution in [0.15, 0.2) is 29.3 Å². The first-order chi connectivity index (χ1) is 12.2. The van der Waals surface area contributed by atoms with Gasteiger partial charge in [-0.1, -0.05) is 38.1 Å². The van der Waals surface area contributed by atoms with Crippen molar-refractivity contribution < 1.29 is 0 Å². The van der Waals surface area contributed by atoms with Crippen LogP contribution in [0.3, 0.4) is 0 Å². The number of thioether (sulfide) groups is 1. The van der Waals surface area contributed by atoms with E-state index in [2.05, 4.69) is 64.9 Å². The van der Waals surface area contributed by atoms with E-state index in [4.69, 9.17) is 0 Å². The average Bonchev–Trinajstić information content (AvgIpc) is 3.11. The number of nitrogens with one attached hydrogen (secondary N) is 2. The lowest BCUT2D eigenvalue weighted by Gasteiger charge is -2.19. The summed E-state index contributed by atoms with van der Waals surface area (Å²) in [7, 11) is 1.85. The van der Waals surface area contributed by atoms with Gasteiger partial charge in [-0.3, -0.25) is 9.89 Å². The Morgan fingerprint density at radius 3 is 2.40 bits per heavy atom. The molecule has 2 rings (SSSR count). The lowest BCUT2D eigenvalue weighted by molar-refractivity contribution is 0.296. The van der Waals surface area contributed by atoms with Crippen molar-refractivity contribution in [1.82, 2.24) is 15.5 Å². The van der Waals surface area contributed by atoms with Crippen molar-refractivity contribution >= 4 is 17.7 Å². The number of nitrogens with zero attached hydrogens (tertiary/aromatic N) is 2. The van der Waals surface area contributed by atoms with Crippen LogP contribution < -0.4 is 10.6 Å². The van der Waals surface area contributed by atoms with Gasteiger partial charge in [-0.05, 0) is 49.7 Å². The standard InChI is InChI=1S/C20H34N4S/c1-5-24(6-2)15-17-9-7-16(8-10-17)14-22-20(21-3)23-18-11-12-19(13-18)25-4/h7-10,18-19H,5-6,11-15H2,1-4H3,(H2,21,22,23). The highest BCUT2D eigenvalue weighted by Crippen LogP contribution is 2.28. The van der Waals surface area contributed by atoms with Crippen LogP contribution in [-0.2, 0) is 13.1 Å². The summed E-state index contributed by atoms with van der Waals surface area (Å²) in [6.45, 7) is 8.46. The van der Waals surface area contributed by atoms with Crippen molar-refractivity contribution in [3.05, 3.63) is 35.4 Å². The zero-order valence-electron chi connectivity index (χ0n) is 16.2. The molecule has 2 N–H and O–H groups in total. The summed E-state index contributed by atoms with van der Waals surface area (Å²) in [6.07, 6.45) is 6.00. The highest BCUT2D eigenvalue weighted by molar-refractivity contribution is 7.99. The molecular weight excluding hydrogens is 328 g/mol. The predicted molar refractivity (Wildman–Crippen MR) is 111 cm³/mol. The normalized spacial score (nSPS) is 20.9. The molecule has 1 aromatic carbocycles. The van der Waals surface area contributed by atoms with Gasteiger partial charge in [-0.2, -0.15) is 11.8 Å². The topological polar surface area (TPSA) is 39.7 Å². The van der Waals surface area contributed by atoms with Gasteiger partial charge in [0.25, 0.3) is 0 Å². The Morgan fingerprint density at radius 2 is 1.84 bits per heavy atom. The van der Waals surface area contributed by atoms with Gasteiger partial charge in [-0.15, -0.1) is 0 Å². The summed E-state index contributed by atoms with van der Waals surface area (Å²) >= 11 is 1.99. The Kier molecular flexibility index (Phi) is 8.62. The molecular formula is C20H34N4S. The smallest absolute Gasteiger partial charge is 0.191 e. The lowest BCUT2D eigenvalue weighted by atomic mass is 10.1. The molecule has 0 amide bonds. The highest BCUT2D eigenvalue weighted by atomic mass is 32.2. The molecule has 0 spiro atoms. The fourth-order valence-corrected chi connectivity index (χ4v) is 4.12. The van der Waals surface area contributed by atoms with Crippen molar-refractivity contribution in [3.63, 3.8) is 0 Å². The fraction of sp³-hybridized carbons (Fsp3) is 0.650. The minimum absolute atomic E-state index is 0.556. The molecule has 25 heavy (non-hydrogen) atoms. The monoisotopic (exact) mass is 362 g/mol. The minimum Gasteiger partial charge on any atom is -0.354 e. The van der Waals surface area contributed by atoms with E-state index in [1.807, 2.05) is 18.8 Å². The molecule has 140 valence electrons. The van der Waals surface area contributed by atoms with Gasteiger partial charge in [0.05, 0.1) is 0 Å². The van der Waals surface area contributed by atoms with E-state index in [0.717, 1.165) is 37.4 Å². The fourth-order valence-electron chi connectivity index (χ4n) is 3.33. The van der Waals surface area contributed by atoms with Gasteiger partial charge in [0.2, 0.25) is 0 Å². The zero-order chi connectivity index (χ0) is 18.1. The molecule has 1 aliphatic carbocycles. The van der Waals surface area contributed by atoms with Crippen LogP contribution in [-0.4, -0.2) is 48.5 Å². The molecule has 2 atom stereocenters. The molecule has 4 nitrogen and oxygen atoms in total. The average molecular weight is 363 g/mol. The maximum absolute atomic E-state index is 4.38. The third kappa shape index (κ3) is 6.55. The first-order valence-corrected chi connectivity index (χ1v) is 10.8. The zero-order valence-corrected chi connectivity index (χ0v) is 17.0. The summed E-state index contributed by atoms with van der Waals surface area (Å²) in [6, 6.07) is 9.48. The Balaban J connectivity index is 1.79. The quantitative estimate of drug-likeness (QED) is 0.549. The van der Waals surface area contributed by atoms with Gasteiger partial charge < -0.3 is 10.6 Å². The van der Waals surface area contributed by atoms with Crippen LogP contribution in [0, 0.1) is 0 Å². The molecule has 0 heterocycles. The Bertz CT molecular complexity index is 525. The summed E-state index contributed by atoms with van der Waals surface area (Å²) in [5.41, 5.74) is 2.67. The second-order valence-corrected chi connectivity index (χ2v) is 7.85. The number of hydrogen-bond donors (Lipinski definition) is 2. The second kappa shape index (κ2) is 10.7. The Hall–Kier alpha value is -1.20. The summed E-state index contributed by atoms with van der Waals surface area (Å²) in [5, 5.41) is 7.82. The predicted octanol–water partition coefficient (Wildman–Crippen LogP) is 3.48. The summed E-state index contributed by atoms with van der Waals surface area (Å²) in [5.74, 6) is 0.916. The molecule has 0 radical (unpaired) electrons. The number of hydrogen-bond acceptors (Lipinski definition) is 3. The van der Waals surface area contributed by atoms with Crippen molar-refractivity contribution in [2.75, 3.05) is 26.4 Å². The van der Waals surface area contributed by atoms with Crippen molar-refractivity contribution in [3.8, 4) is 0 Å². The Labute approximate surface area is 157 Å². The van der Waals surface area contributed by atoms with E-state index in [9.17, 15) is 0 Å². The van der Waals surface area contributed by atoms with Crippen LogP contribution in [0.25, 0.3) is 0 Å². The molecule has 0 aromatic heterocycles. The first kappa shape index (κ1) is 20.1. The Morgan fingerprint density at radius 1 is 1.16 bits per heavy atom. The minimum atomic E-state index is 0.556. The molecule has 0 saturated heterocycles. The molecule has 5 heteroatoms. The number of aliphatic imine (C=N–C) groups is 1. The van der Waals surface area contributed by atoms with Gasteiger partial charge >= 0.3 is 0 Å². The molecule has 1 saturated carbocycles. The number of rotatable bonds is 8. The van der Waals surface area contributed by atoms with Crippen LogP contribution in [0.4, 0.5) is 0 Å². The number of benzene rings is 1. The maximum atomic E-state index is 4.38. The van der Waals surface area contributed by atoms with Gasteiger partial charge in [-0.25, -0.2) is 0 Å². The van der Waals surface area contributed by atoms with E-state index in [1.165, 1.54) is 30.4 Å². The summed E-state index contributed by atoms with van der Waals surface area (Å²) in [4.78, 5) is 6.81. The SMILES string of the molecule is CCN(CC)Cc1ccc(CNC(=NC)NC2CCC(SC)C2)cc1. The third-order valence-electron chi connectivity index (χ3n) is 5.07. The van der Waals surface area contributed by atoms with Crippen LogP contribution in [0.1, 0.15) is 44.2 Å². The van der Waals surface area contributed by atoms with E-state index < -0.39 is 0 Å². The third-order valence-corrected chi connectivity index (χ3v) is 6.16. The molecule has 2 unspecified atom stereocenters. The van der Waals surface area contributed by atoms with Gasteiger partial charge in [0.15, 0.2) is 5.96 Å². The molecule has 0 aliphatic heterocycles. The van der Waals surface area contributed by atoms with Gasteiger partial charge in [0.1, 0.15) is 0 Å². The van der Waals surface area contributed by atoms with E-state index in [1.54, 1.807) is 0 Å². The second-order valence-electron chi connectivity index (χ2n) is 6.72. The van der Waals surface area contributed by atoms with Crippen LogP contribution in [0.2, 0.25) is 0 Å². The van der Waals surface area contributed by atoms with Crippen LogP contribution >= 0.6 is 11.8 Å². The molecule has 1 aliphatic rings. The summed E-state index contributed by atoms with van der Waals surface area (Å²) < 4.78 is 0. The lowest BCUT2D eigenvalue weighted by Crippen LogP contribution is -2.42. The molecule has 1 fully saturated rings. The van der Waals surface area contributed by atoms with Crippen molar-refractivity contribution in [2.24, 2.45) is 4.99 Å². The van der Waals surface area contributed by atoms with E-state index in [-0.39, 0.29) is 0 Å². The van der Waals surface area contributed by atoms with Crippen LogP contribution in [0.5, 0.6) is 0 Å². The van der Waals surface area contributed by atoms with Crippen molar-refractivity contribution in [2.45, 2.75) is 57.5 Å². The van der Waals surface area contributed by atoms with E-state index >= 15 is 0 Å². The van der Waals surface area contributed by atoms with Gasteiger partial charge in [0, 0.05) is 31.4 Å². The first-order valence-electron chi connectivity index (χ1n) is 9.48. The molecule has 1 aromatic rings. The molecule has 0 bridgehead atoms.